The Bertz CT molecular complexity index is 863. The number of amides is 1. The summed E-state index contributed by atoms with van der Waals surface area (Å²) in [6.45, 7) is 6.08. The number of anilines is 1. The smallest absolute Gasteiger partial charge is 0.412 e. The Labute approximate surface area is 164 Å². The molecule has 0 aliphatic carbocycles. The second kappa shape index (κ2) is 8.18. The van der Waals surface area contributed by atoms with E-state index in [1.165, 1.54) is 7.11 Å². The van der Waals surface area contributed by atoms with Gasteiger partial charge in [0.25, 0.3) is 0 Å². The number of carbonyl (C=O) groups excluding carboxylic acids is 2. The topological polar surface area (TPSA) is 91.7 Å². The van der Waals surface area contributed by atoms with Crippen molar-refractivity contribution in [3.05, 3.63) is 23.9 Å². The van der Waals surface area contributed by atoms with Crippen LogP contribution in [-0.2, 0) is 25.4 Å². The van der Waals surface area contributed by atoms with Crippen molar-refractivity contribution in [2.45, 2.75) is 58.3 Å². The average molecular weight is 389 g/mol. The molecule has 1 aliphatic rings. The third-order valence-electron chi connectivity index (χ3n) is 4.45. The van der Waals surface area contributed by atoms with Crippen LogP contribution < -0.4 is 5.32 Å². The number of fused-ring (bicyclic) bond motifs is 1. The van der Waals surface area contributed by atoms with Crippen molar-refractivity contribution in [1.82, 2.24) is 9.78 Å². The van der Waals surface area contributed by atoms with Crippen molar-refractivity contribution in [3.8, 4) is 0 Å². The van der Waals surface area contributed by atoms with E-state index in [-0.39, 0.29) is 12.6 Å². The van der Waals surface area contributed by atoms with Crippen molar-refractivity contribution >= 4 is 28.7 Å². The largest absolute Gasteiger partial charge is 0.469 e. The number of carbonyl (C=O) groups is 2. The molecule has 1 atom stereocenters. The SMILES string of the molecule is COC(=O)Cc1c(NC(=O)OC(C)(C)C)ccc2nn(C3CCCCO3)cc12. The third kappa shape index (κ3) is 4.81. The molecule has 2 heterocycles. The molecule has 8 heteroatoms. The second-order valence-corrected chi connectivity index (χ2v) is 7.83. The number of esters is 1. The molecule has 1 aromatic carbocycles. The lowest BCUT2D eigenvalue weighted by molar-refractivity contribution is -0.139. The number of rotatable bonds is 4. The molecule has 0 radical (unpaired) electrons. The molecular weight excluding hydrogens is 362 g/mol. The zero-order chi connectivity index (χ0) is 20.3. The maximum Gasteiger partial charge on any atom is 0.412 e. The van der Waals surface area contributed by atoms with Crippen LogP contribution in [0.4, 0.5) is 10.5 Å². The molecule has 0 bridgehead atoms. The maximum atomic E-state index is 12.2. The van der Waals surface area contributed by atoms with Gasteiger partial charge in [0.15, 0.2) is 0 Å². The van der Waals surface area contributed by atoms with Crippen LogP contribution in [-0.4, -0.2) is 41.2 Å². The number of benzene rings is 1. The molecule has 1 amide bonds. The molecule has 3 rings (SSSR count). The molecule has 28 heavy (non-hydrogen) atoms. The molecule has 8 nitrogen and oxygen atoms in total. The van der Waals surface area contributed by atoms with E-state index < -0.39 is 17.7 Å². The van der Waals surface area contributed by atoms with Gasteiger partial charge in [-0.2, -0.15) is 5.10 Å². The predicted octanol–water partition coefficient (Wildman–Crippen LogP) is 3.80. The Morgan fingerprint density at radius 3 is 2.75 bits per heavy atom. The molecule has 1 aromatic heterocycles. The fraction of sp³-hybridized carbons (Fsp3) is 0.550. The standard InChI is InChI=1S/C20H27N3O5/c1-20(2,3)28-19(25)21-15-8-9-16-14(13(15)11-18(24)26-4)12-23(22-16)17-7-5-6-10-27-17/h8-9,12,17H,5-7,10-11H2,1-4H3,(H,21,25). The first-order valence-corrected chi connectivity index (χ1v) is 9.46. The zero-order valence-electron chi connectivity index (χ0n) is 16.8. The predicted molar refractivity (Wildman–Crippen MR) is 104 cm³/mol. The van der Waals surface area contributed by atoms with Gasteiger partial charge in [0.05, 0.1) is 19.0 Å². The van der Waals surface area contributed by atoms with Crippen molar-refractivity contribution in [2.24, 2.45) is 0 Å². The number of hydrogen-bond donors (Lipinski definition) is 1. The normalized spacial score (nSPS) is 17.4. The fourth-order valence-corrected chi connectivity index (χ4v) is 3.19. The van der Waals surface area contributed by atoms with Gasteiger partial charge in [0, 0.05) is 23.9 Å². The van der Waals surface area contributed by atoms with Gasteiger partial charge in [-0.1, -0.05) is 0 Å². The van der Waals surface area contributed by atoms with Crippen molar-refractivity contribution < 1.29 is 23.8 Å². The van der Waals surface area contributed by atoms with Crippen LogP contribution in [0.15, 0.2) is 18.3 Å². The van der Waals surface area contributed by atoms with Crippen molar-refractivity contribution in [2.75, 3.05) is 19.0 Å². The summed E-state index contributed by atoms with van der Waals surface area (Å²) in [7, 11) is 1.34. The number of nitrogens with zero attached hydrogens (tertiary/aromatic N) is 2. The lowest BCUT2D eigenvalue weighted by Gasteiger charge is -2.22. The molecule has 1 N–H and O–H groups in total. The monoisotopic (exact) mass is 389 g/mol. The Morgan fingerprint density at radius 1 is 1.32 bits per heavy atom. The van der Waals surface area contributed by atoms with Crippen LogP contribution in [0.1, 0.15) is 51.8 Å². The second-order valence-electron chi connectivity index (χ2n) is 7.83. The molecule has 0 spiro atoms. The van der Waals surface area contributed by atoms with E-state index in [9.17, 15) is 9.59 Å². The van der Waals surface area contributed by atoms with E-state index in [1.807, 2.05) is 12.3 Å². The molecule has 152 valence electrons. The minimum Gasteiger partial charge on any atom is -0.469 e. The number of hydrogen-bond acceptors (Lipinski definition) is 6. The average Bonchev–Trinajstić information content (AvgIpc) is 3.07. The quantitative estimate of drug-likeness (QED) is 0.800. The summed E-state index contributed by atoms with van der Waals surface area (Å²) < 4.78 is 17.8. The zero-order valence-corrected chi connectivity index (χ0v) is 16.8. The number of methoxy groups -OCH3 is 1. The summed E-state index contributed by atoms with van der Waals surface area (Å²) in [4.78, 5) is 24.2. The lowest BCUT2D eigenvalue weighted by atomic mass is 10.0. The lowest BCUT2D eigenvalue weighted by Crippen LogP contribution is -2.27. The minimum atomic E-state index is -0.625. The molecule has 0 saturated carbocycles. The Morgan fingerprint density at radius 2 is 2.11 bits per heavy atom. The van der Waals surface area contributed by atoms with Crippen molar-refractivity contribution in [3.63, 3.8) is 0 Å². The van der Waals surface area contributed by atoms with Crippen LogP contribution >= 0.6 is 0 Å². The van der Waals surface area contributed by atoms with Gasteiger partial charge in [-0.15, -0.1) is 0 Å². The van der Waals surface area contributed by atoms with Gasteiger partial charge in [-0.25, -0.2) is 9.48 Å². The molecular formula is C20H27N3O5. The Kier molecular flexibility index (Phi) is 5.88. The summed E-state index contributed by atoms with van der Waals surface area (Å²) in [5.41, 5.74) is 1.23. The van der Waals surface area contributed by atoms with Gasteiger partial charge < -0.3 is 14.2 Å². The first-order chi connectivity index (χ1) is 13.3. The molecule has 1 saturated heterocycles. The highest BCUT2D eigenvalue weighted by atomic mass is 16.6. The molecule has 1 fully saturated rings. The van der Waals surface area contributed by atoms with Crippen LogP contribution in [0.5, 0.6) is 0 Å². The van der Waals surface area contributed by atoms with Gasteiger partial charge in [0.1, 0.15) is 11.8 Å². The van der Waals surface area contributed by atoms with E-state index in [4.69, 9.17) is 14.2 Å². The van der Waals surface area contributed by atoms with E-state index in [0.717, 1.165) is 30.2 Å². The summed E-state index contributed by atoms with van der Waals surface area (Å²) in [5.74, 6) is -0.401. The number of aromatic nitrogens is 2. The van der Waals surface area contributed by atoms with E-state index in [2.05, 4.69) is 10.4 Å². The van der Waals surface area contributed by atoms with Crippen LogP contribution in [0, 0.1) is 0 Å². The highest BCUT2D eigenvalue weighted by Crippen LogP contribution is 2.30. The van der Waals surface area contributed by atoms with E-state index >= 15 is 0 Å². The summed E-state index contributed by atoms with van der Waals surface area (Å²) >= 11 is 0. The van der Waals surface area contributed by atoms with E-state index in [1.54, 1.807) is 31.5 Å². The number of ether oxygens (including phenoxy) is 3. The Balaban J connectivity index is 1.96. The third-order valence-corrected chi connectivity index (χ3v) is 4.45. The highest BCUT2D eigenvalue weighted by molar-refractivity contribution is 5.96. The first-order valence-electron chi connectivity index (χ1n) is 9.46. The van der Waals surface area contributed by atoms with Gasteiger partial charge in [0.2, 0.25) is 0 Å². The first kappa shape index (κ1) is 20.1. The fourth-order valence-electron chi connectivity index (χ4n) is 3.19. The summed E-state index contributed by atoms with van der Waals surface area (Å²) in [6, 6.07) is 3.53. The minimum absolute atomic E-state index is 0.0101. The molecule has 2 aromatic rings. The Hall–Kier alpha value is -2.61. The van der Waals surface area contributed by atoms with Gasteiger partial charge in [-0.3, -0.25) is 10.1 Å². The maximum absolute atomic E-state index is 12.2. The number of nitrogens with one attached hydrogen (secondary N) is 1. The van der Waals surface area contributed by atoms with Gasteiger partial charge >= 0.3 is 12.1 Å². The molecule has 1 aliphatic heterocycles. The van der Waals surface area contributed by atoms with Crippen LogP contribution in [0.3, 0.4) is 0 Å². The van der Waals surface area contributed by atoms with Crippen LogP contribution in [0.2, 0.25) is 0 Å². The van der Waals surface area contributed by atoms with Gasteiger partial charge in [-0.05, 0) is 57.7 Å². The van der Waals surface area contributed by atoms with E-state index in [0.29, 0.717) is 17.9 Å². The highest BCUT2D eigenvalue weighted by Gasteiger charge is 2.22. The summed E-state index contributed by atoms with van der Waals surface area (Å²) in [5, 5.41) is 8.12. The van der Waals surface area contributed by atoms with Crippen molar-refractivity contribution in [1.29, 1.82) is 0 Å². The summed E-state index contributed by atoms with van der Waals surface area (Å²) in [6.07, 6.45) is 4.20. The molecule has 1 unspecified atom stereocenters. The van der Waals surface area contributed by atoms with Crippen LogP contribution in [0.25, 0.3) is 10.9 Å².